The molecule has 0 spiro atoms. The monoisotopic (exact) mass is 513 g/mol. The van der Waals surface area contributed by atoms with Crippen LogP contribution in [0.25, 0.3) is 22.2 Å². The summed E-state index contributed by atoms with van der Waals surface area (Å²) in [4.78, 5) is 18.3. The van der Waals surface area contributed by atoms with E-state index in [1.54, 1.807) is 0 Å². The molecule has 1 aromatic heterocycles. The lowest BCUT2D eigenvalue weighted by Gasteiger charge is -2.32. The van der Waals surface area contributed by atoms with E-state index in [0.29, 0.717) is 5.92 Å². The van der Waals surface area contributed by atoms with Crippen LogP contribution >= 0.6 is 11.6 Å². The van der Waals surface area contributed by atoms with Crippen LogP contribution in [0.2, 0.25) is 5.02 Å². The van der Waals surface area contributed by atoms with E-state index in [-0.39, 0.29) is 11.8 Å². The average molecular weight is 514 g/mol. The molecule has 3 aromatic carbocycles. The van der Waals surface area contributed by atoms with Crippen molar-refractivity contribution in [2.24, 2.45) is 5.92 Å². The Hall–Kier alpha value is -3.08. The molecule has 2 heterocycles. The van der Waals surface area contributed by atoms with Crippen LogP contribution in [0, 0.1) is 5.92 Å². The van der Waals surface area contributed by atoms with E-state index in [9.17, 15) is 4.79 Å². The van der Waals surface area contributed by atoms with E-state index in [0.717, 1.165) is 67.3 Å². The number of likely N-dealkylation sites (tertiary alicyclic amines) is 1. The van der Waals surface area contributed by atoms with E-state index in [1.165, 1.54) is 22.0 Å². The van der Waals surface area contributed by atoms with Gasteiger partial charge in [0.15, 0.2) is 0 Å². The molecule has 192 valence electrons. The number of aromatic amines is 1. The summed E-state index contributed by atoms with van der Waals surface area (Å²) in [6, 6.07) is 25.1. The highest BCUT2D eigenvalue weighted by Gasteiger charge is 2.21. The van der Waals surface area contributed by atoms with Crippen molar-refractivity contribution in [2.45, 2.75) is 45.4 Å². The lowest BCUT2D eigenvalue weighted by atomic mass is 9.89. The molecule has 0 radical (unpaired) electrons. The molecule has 1 fully saturated rings. The van der Waals surface area contributed by atoms with Gasteiger partial charge in [0.2, 0.25) is 5.91 Å². The van der Waals surface area contributed by atoms with Gasteiger partial charge in [-0.25, -0.2) is 0 Å². The lowest BCUT2D eigenvalue weighted by Crippen LogP contribution is -2.33. The summed E-state index contributed by atoms with van der Waals surface area (Å²) < 4.78 is 0. The fourth-order valence-corrected chi connectivity index (χ4v) is 5.71. The number of halogens is 1. The van der Waals surface area contributed by atoms with Crippen molar-refractivity contribution in [3.63, 3.8) is 0 Å². The maximum atomic E-state index is 12.1. The first-order valence-corrected chi connectivity index (χ1v) is 13.8. The number of hydrogen-bond donors (Lipinski definition) is 2. The zero-order valence-electron chi connectivity index (χ0n) is 21.8. The normalized spacial score (nSPS) is 14.9. The number of carbonyl (C=O) groups is 1. The van der Waals surface area contributed by atoms with Gasteiger partial charge in [0.05, 0.1) is 5.69 Å². The molecule has 5 rings (SSSR count). The van der Waals surface area contributed by atoms with Crippen LogP contribution in [0.15, 0.2) is 72.8 Å². The van der Waals surface area contributed by atoms with Crippen LogP contribution in [0.5, 0.6) is 0 Å². The summed E-state index contributed by atoms with van der Waals surface area (Å²) in [7, 11) is 0. The molecule has 1 aliphatic rings. The zero-order valence-corrected chi connectivity index (χ0v) is 22.5. The largest absolute Gasteiger partial charge is 0.354 e. The summed E-state index contributed by atoms with van der Waals surface area (Å²) in [6.45, 7) is 7.16. The summed E-state index contributed by atoms with van der Waals surface area (Å²) in [5.41, 5.74) is 6.99. The molecular formula is C32H36ClN3O. The predicted molar refractivity (Wildman–Crippen MR) is 155 cm³/mol. The van der Waals surface area contributed by atoms with Crippen molar-refractivity contribution in [1.29, 1.82) is 0 Å². The summed E-state index contributed by atoms with van der Waals surface area (Å²) in [5.74, 6) is 0.601. The SMILES string of the molecule is CC(C)C(=O)Nc1cccc(C2CCN(CCCc3c(-c4ccccc4Cl)[nH]c4ccccc34)CC2)c1. The fourth-order valence-electron chi connectivity index (χ4n) is 5.48. The molecule has 4 nitrogen and oxygen atoms in total. The highest BCUT2D eigenvalue weighted by molar-refractivity contribution is 6.33. The number of anilines is 1. The van der Waals surface area contributed by atoms with Crippen LogP contribution in [0.3, 0.4) is 0 Å². The highest BCUT2D eigenvalue weighted by atomic mass is 35.5. The van der Waals surface area contributed by atoms with Gasteiger partial charge < -0.3 is 15.2 Å². The first kappa shape index (κ1) is 25.6. The van der Waals surface area contributed by atoms with Crippen LogP contribution in [-0.4, -0.2) is 35.4 Å². The Balaban J connectivity index is 1.20. The zero-order chi connectivity index (χ0) is 25.8. The van der Waals surface area contributed by atoms with Gasteiger partial charge in [-0.05, 0) is 86.6 Å². The molecule has 4 aromatic rings. The molecule has 1 aliphatic heterocycles. The Bertz CT molecular complexity index is 1370. The van der Waals surface area contributed by atoms with Crippen molar-refractivity contribution in [3.05, 3.63) is 88.9 Å². The quantitative estimate of drug-likeness (QED) is 0.251. The minimum absolute atomic E-state index is 0.0167. The molecule has 5 heteroatoms. The number of para-hydroxylation sites is 1. The number of aromatic nitrogens is 1. The van der Waals surface area contributed by atoms with E-state index in [1.807, 2.05) is 32.0 Å². The number of fused-ring (bicyclic) bond motifs is 1. The van der Waals surface area contributed by atoms with Crippen LogP contribution in [-0.2, 0) is 11.2 Å². The number of amides is 1. The average Bonchev–Trinajstić information content (AvgIpc) is 3.28. The minimum atomic E-state index is -0.0167. The fraction of sp³-hybridized carbons (Fsp3) is 0.344. The maximum Gasteiger partial charge on any atom is 0.226 e. The molecule has 0 bridgehead atoms. The van der Waals surface area contributed by atoms with Gasteiger partial charge in [0, 0.05) is 33.1 Å². The Morgan fingerprint density at radius 3 is 2.57 bits per heavy atom. The van der Waals surface area contributed by atoms with Gasteiger partial charge in [-0.1, -0.05) is 74.0 Å². The van der Waals surface area contributed by atoms with Crippen LogP contribution < -0.4 is 5.32 Å². The molecular weight excluding hydrogens is 478 g/mol. The van der Waals surface area contributed by atoms with Crippen molar-refractivity contribution < 1.29 is 4.79 Å². The first-order valence-electron chi connectivity index (χ1n) is 13.5. The number of nitrogens with one attached hydrogen (secondary N) is 2. The second kappa shape index (κ2) is 11.5. The van der Waals surface area contributed by atoms with E-state index < -0.39 is 0 Å². The number of aryl methyl sites for hydroxylation is 1. The van der Waals surface area contributed by atoms with E-state index in [4.69, 9.17) is 11.6 Å². The smallest absolute Gasteiger partial charge is 0.226 e. The van der Waals surface area contributed by atoms with Crippen LogP contribution in [0.1, 0.15) is 50.2 Å². The molecule has 0 unspecified atom stereocenters. The Kier molecular flexibility index (Phi) is 7.97. The Morgan fingerprint density at radius 2 is 1.78 bits per heavy atom. The number of piperidine rings is 1. The van der Waals surface area contributed by atoms with Crippen molar-refractivity contribution in [2.75, 3.05) is 25.0 Å². The molecule has 37 heavy (non-hydrogen) atoms. The van der Waals surface area contributed by atoms with E-state index in [2.05, 4.69) is 69.8 Å². The topological polar surface area (TPSA) is 48.1 Å². The number of carbonyl (C=O) groups excluding carboxylic acids is 1. The number of H-pyrrole nitrogens is 1. The van der Waals surface area contributed by atoms with Gasteiger partial charge in [0.1, 0.15) is 0 Å². The third kappa shape index (κ3) is 5.92. The predicted octanol–water partition coefficient (Wildman–Crippen LogP) is 7.90. The molecule has 0 saturated carbocycles. The third-order valence-electron chi connectivity index (χ3n) is 7.60. The first-order chi connectivity index (χ1) is 18.0. The number of hydrogen-bond acceptors (Lipinski definition) is 2. The molecule has 0 atom stereocenters. The Morgan fingerprint density at radius 1 is 1.03 bits per heavy atom. The second-order valence-corrected chi connectivity index (χ2v) is 10.9. The molecule has 0 aliphatic carbocycles. The third-order valence-corrected chi connectivity index (χ3v) is 7.93. The van der Waals surface area contributed by atoms with Crippen LogP contribution in [0.4, 0.5) is 5.69 Å². The molecule has 2 N–H and O–H groups in total. The number of rotatable bonds is 8. The standard InChI is InChI=1S/C32H36ClN3O/c1-22(2)32(37)34-25-10-7-9-24(21-25)23-16-19-36(20-17-23)18-8-13-27-26-11-4-6-15-30(26)35-31(27)28-12-3-5-14-29(28)33/h3-7,9-12,14-15,21-23,35H,8,13,16-20H2,1-2H3,(H,34,37). The van der Waals surface area contributed by atoms with Gasteiger partial charge in [-0.15, -0.1) is 0 Å². The summed E-state index contributed by atoms with van der Waals surface area (Å²) in [5, 5.41) is 5.12. The summed E-state index contributed by atoms with van der Waals surface area (Å²) >= 11 is 6.58. The number of nitrogens with zero attached hydrogens (tertiary/aromatic N) is 1. The van der Waals surface area contributed by atoms with Crippen molar-refractivity contribution in [1.82, 2.24) is 9.88 Å². The van der Waals surface area contributed by atoms with Gasteiger partial charge in [-0.3, -0.25) is 4.79 Å². The van der Waals surface area contributed by atoms with Crippen molar-refractivity contribution >= 4 is 34.1 Å². The van der Waals surface area contributed by atoms with Crippen molar-refractivity contribution in [3.8, 4) is 11.3 Å². The highest BCUT2D eigenvalue weighted by Crippen LogP contribution is 2.35. The van der Waals surface area contributed by atoms with Gasteiger partial charge in [-0.2, -0.15) is 0 Å². The minimum Gasteiger partial charge on any atom is -0.354 e. The number of benzene rings is 3. The maximum absolute atomic E-state index is 12.1. The molecule has 1 amide bonds. The summed E-state index contributed by atoms with van der Waals surface area (Å²) in [6.07, 6.45) is 4.43. The van der Waals surface area contributed by atoms with Gasteiger partial charge >= 0.3 is 0 Å². The Labute approximate surface area is 225 Å². The van der Waals surface area contributed by atoms with Gasteiger partial charge in [0.25, 0.3) is 0 Å². The van der Waals surface area contributed by atoms with E-state index >= 15 is 0 Å². The molecule has 1 saturated heterocycles. The second-order valence-electron chi connectivity index (χ2n) is 10.5. The lowest BCUT2D eigenvalue weighted by molar-refractivity contribution is -0.118.